The second-order valence-electron chi connectivity index (χ2n) is 4.66. The van der Waals surface area contributed by atoms with Crippen LogP contribution in [0, 0.1) is 11.3 Å². The summed E-state index contributed by atoms with van der Waals surface area (Å²) in [6.07, 6.45) is 1.74. The van der Waals surface area contributed by atoms with Crippen molar-refractivity contribution in [1.29, 1.82) is 5.26 Å². The molecule has 1 aromatic carbocycles. The molecule has 0 aliphatic heterocycles. The van der Waals surface area contributed by atoms with Crippen LogP contribution in [0.2, 0.25) is 0 Å². The van der Waals surface area contributed by atoms with E-state index >= 15 is 0 Å². The fourth-order valence-corrected chi connectivity index (χ4v) is 1.90. The third-order valence-electron chi connectivity index (χ3n) is 3.07. The van der Waals surface area contributed by atoms with Crippen LogP contribution in [0.4, 0.5) is 0 Å². The fraction of sp³-hybridized carbons (Fsp3) is 0.125. The molecule has 1 heterocycles. The standard InChI is InChI=1S/C16H14N4O2/c17-10-12-6-4-11(5-7-12)9-14(15(18)21)20-16(22)13-3-1-2-8-19-13/h1-8,14H,9H2,(H2,18,21)(H,20,22)/t14-/m0/s1. The van der Waals surface area contributed by atoms with Gasteiger partial charge in [0.2, 0.25) is 5.91 Å². The zero-order valence-electron chi connectivity index (χ0n) is 11.7. The zero-order valence-corrected chi connectivity index (χ0v) is 11.7. The van der Waals surface area contributed by atoms with Gasteiger partial charge in [-0.1, -0.05) is 18.2 Å². The van der Waals surface area contributed by atoms with E-state index in [1.807, 2.05) is 6.07 Å². The van der Waals surface area contributed by atoms with Crippen molar-refractivity contribution in [2.24, 2.45) is 5.73 Å². The van der Waals surface area contributed by atoms with Crippen molar-refractivity contribution in [1.82, 2.24) is 10.3 Å². The molecule has 0 saturated heterocycles. The summed E-state index contributed by atoms with van der Waals surface area (Å²) in [5.74, 6) is -1.09. The Morgan fingerprint density at radius 3 is 2.50 bits per heavy atom. The van der Waals surface area contributed by atoms with Crippen molar-refractivity contribution in [3.63, 3.8) is 0 Å². The molecule has 0 aliphatic carbocycles. The van der Waals surface area contributed by atoms with E-state index in [1.165, 1.54) is 6.20 Å². The van der Waals surface area contributed by atoms with E-state index in [0.717, 1.165) is 5.56 Å². The van der Waals surface area contributed by atoms with Gasteiger partial charge in [0.25, 0.3) is 5.91 Å². The Morgan fingerprint density at radius 2 is 1.95 bits per heavy atom. The largest absolute Gasteiger partial charge is 0.368 e. The van der Waals surface area contributed by atoms with Gasteiger partial charge in [0, 0.05) is 12.6 Å². The summed E-state index contributed by atoms with van der Waals surface area (Å²) in [5.41, 5.74) is 6.88. The number of nitriles is 1. The number of carbonyl (C=O) groups is 2. The number of primary amides is 1. The van der Waals surface area contributed by atoms with Crippen LogP contribution in [-0.4, -0.2) is 22.8 Å². The summed E-state index contributed by atoms with van der Waals surface area (Å²) in [7, 11) is 0. The molecule has 1 aromatic heterocycles. The van der Waals surface area contributed by atoms with Crippen LogP contribution >= 0.6 is 0 Å². The van der Waals surface area contributed by atoms with Crippen molar-refractivity contribution in [2.45, 2.75) is 12.5 Å². The first kappa shape index (κ1) is 15.2. The molecule has 2 aromatic rings. The van der Waals surface area contributed by atoms with Crippen LogP contribution in [0.25, 0.3) is 0 Å². The fourth-order valence-electron chi connectivity index (χ4n) is 1.90. The number of pyridine rings is 1. The molecular formula is C16H14N4O2. The number of hydrogen-bond donors (Lipinski definition) is 2. The maximum absolute atomic E-state index is 12.0. The Balaban J connectivity index is 2.08. The Hall–Kier alpha value is -3.20. The second kappa shape index (κ2) is 6.99. The molecule has 22 heavy (non-hydrogen) atoms. The highest BCUT2D eigenvalue weighted by Crippen LogP contribution is 2.07. The number of rotatable bonds is 5. The van der Waals surface area contributed by atoms with E-state index in [2.05, 4.69) is 10.3 Å². The molecule has 0 fully saturated rings. The summed E-state index contributed by atoms with van der Waals surface area (Å²) in [5, 5.41) is 11.3. The van der Waals surface area contributed by atoms with Crippen LogP contribution in [0.1, 0.15) is 21.6 Å². The average molecular weight is 294 g/mol. The average Bonchev–Trinajstić information content (AvgIpc) is 2.55. The molecule has 110 valence electrons. The molecule has 0 bridgehead atoms. The molecule has 2 rings (SSSR count). The van der Waals surface area contributed by atoms with Crippen LogP contribution in [0.3, 0.4) is 0 Å². The molecule has 0 unspecified atom stereocenters. The Kier molecular flexibility index (Phi) is 4.83. The van der Waals surface area contributed by atoms with Gasteiger partial charge in [0.15, 0.2) is 0 Å². The van der Waals surface area contributed by atoms with Crippen LogP contribution in [0.15, 0.2) is 48.7 Å². The molecule has 0 radical (unpaired) electrons. The summed E-state index contributed by atoms with van der Waals surface area (Å²) in [4.78, 5) is 27.5. The highest BCUT2D eigenvalue weighted by molar-refractivity contribution is 5.95. The van der Waals surface area contributed by atoms with Gasteiger partial charge in [-0.3, -0.25) is 14.6 Å². The molecule has 0 saturated carbocycles. The molecule has 6 nitrogen and oxygen atoms in total. The lowest BCUT2D eigenvalue weighted by Crippen LogP contribution is -2.46. The summed E-state index contributed by atoms with van der Waals surface area (Å²) < 4.78 is 0. The first-order valence-corrected chi connectivity index (χ1v) is 6.60. The zero-order chi connectivity index (χ0) is 15.9. The lowest BCUT2D eigenvalue weighted by molar-refractivity contribution is -0.119. The van der Waals surface area contributed by atoms with E-state index in [-0.39, 0.29) is 12.1 Å². The van der Waals surface area contributed by atoms with Crippen LogP contribution < -0.4 is 11.1 Å². The highest BCUT2D eigenvalue weighted by Gasteiger charge is 2.19. The third kappa shape index (κ3) is 3.90. The summed E-state index contributed by atoms with van der Waals surface area (Å²) in [6.45, 7) is 0. The van der Waals surface area contributed by atoms with E-state index < -0.39 is 17.9 Å². The topological polar surface area (TPSA) is 109 Å². The molecular weight excluding hydrogens is 280 g/mol. The number of benzene rings is 1. The second-order valence-corrected chi connectivity index (χ2v) is 4.66. The maximum Gasteiger partial charge on any atom is 0.270 e. The Morgan fingerprint density at radius 1 is 1.23 bits per heavy atom. The number of carbonyl (C=O) groups excluding carboxylic acids is 2. The summed E-state index contributed by atoms with van der Waals surface area (Å²) >= 11 is 0. The van der Waals surface area contributed by atoms with E-state index in [0.29, 0.717) is 5.56 Å². The van der Waals surface area contributed by atoms with Gasteiger partial charge in [-0.2, -0.15) is 5.26 Å². The Bertz CT molecular complexity index is 705. The highest BCUT2D eigenvalue weighted by atomic mass is 16.2. The van der Waals surface area contributed by atoms with E-state index in [4.69, 9.17) is 11.0 Å². The minimum atomic E-state index is -0.845. The number of hydrogen-bond acceptors (Lipinski definition) is 4. The number of amides is 2. The molecule has 2 amide bonds. The van der Waals surface area contributed by atoms with Crippen LogP contribution in [0.5, 0.6) is 0 Å². The molecule has 0 spiro atoms. The first-order chi connectivity index (χ1) is 10.6. The maximum atomic E-state index is 12.0. The van der Waals surface area contributed by atoms with E-state index in [1.54, 1.807) is 42.5 Å². The van der Waals surface area contributed by atoms with Crippen molar-refractivity contribution >= 4 is 11.8 Å². The number of nitrogens with zero attached hydrogens (tertiary/aromatic N) is 2. The summed E-state index contributed by atoms with van der Waals surface area (Å²) in [6, 6.07) is 12.8. The first-order valence-electron chi connectivity index (χ1n) is 6.60. The van der Waals surface area contributed by atoms with Crippen LogP contribution in [-0.2, 0) is 11.2 Å². The van der Waals surface area contributed by atoms with Gasteiger partial charge >= 0.3 is 0 Å². The number of nitrogens with two attached hydrogens (primary N) is 1. The van der Waals surface area contributed by atoms with Gasteiger partial charge < -0.3 is 11.1 Å². The van der Waals surface area contributed by atoms with E-state index in [9.17, 15) is 9.59 Å². The van der Waals surface area contributed by atoms with Crippen molar-refractivity contribution in [3.8, 4) is 6.07 Å². The van der Waals surface area contributed by atoms with Gasteiger partial charge in [-0.15, -0.1) is 0 Å². The third-order valence-corrected chi connectivity index (χ3v) is 3.07. The lowest BCUT2D eigenvalue weighted by atomic mass is 10.0. The van der Waals surface area contributed by atoms with Gasteiger partial charge in [0.05, 0.1) is 11.6 Å². The van der Waals surface area contributed by atoms with Crippen molar-refractivity contribution in [2.75, 3.05) is 0 Å². The minimum absolute atomic E-state index is 0.216. The SMILES string of the molecule is N#Cc1ccc(C[C@H](NC(=O)c2ccccn2)C(N)=O)cc1. The predicted octanol–water partition coefficient (Wildman–Crippen LogP) is 0.780. The van der Waals surface area contributed by atoms with Gasteiger partial charge in [0.1, 0.15) is 11.7 Å². The molecule has 6 heteroatoms. The quantitative estimate of drug-likeness (QED) is 0.849. The smallest absolute Gasteiger partial charge is 0.270 e. The monoisotopic (exact) mass is 294 g/mol. The number of aromatic nitrogens is 1. The normalized spacial score (nSPS) is 11.2. The molecule has 3 N–H and O–H groups in total. The predicted molar refractivity (Wildman–Crippen MR) is 79.5 cm³/mol. The number of nitrogens with one attached hydrogen (secondary N) is 1. The van der Waals surface area contributed by atoms with Gasteiger partial charge in [-0.05, 0) is 29.8 Å². The minimum Gasteiger partial charge on any atom is -0.368 e. The van der Waals surface area contributed by atoms with Gasteiger partial charge in [-0.25, -0.2) is 0 Å². The lowest BCUT2D eigenvalue weighted by Gasteiger charge is -2.15. The van der Waals surface area contributed by atoms with Crippen molar-refractivity contribution in [3.05, 3.63) is 65.5 Å². The molecule has 1 atom stereocenters. The Labute approximate surface area is 127 Å². The van der Waals surface area contributed by atoms with Crippen molar-refractivity contribution < 1.29 is 9.59 Å². The molecule has 0 aliphatic rings.